The number of ether oxygens (including phenoxy) is 1. The Kier molecular flexibility index (Phi) is 3.26. The number of aryl methyl sites for hydroxylation is 1. The van der Waals surface area contributed by atoms with Gasteiger partial charge in [0.05, 0.1) is 17.1 Å². The van der Waals surface area contributed by atoms with Crippen LogP contribution in [0.1, 0.15) is 22.6 Å². The summed E-state index contributed by atoms with van der Waals surface area (Å²) in [6, 6.07) is 11.8. The maximum atomic E-state index is 9.60. The van der Waals surface area contributed by atoms with Gasteiger partial charge in [0, 0.05) is 42.5 Å². The monoisotopic (exact) mass is 327 g/mol. The van der Waals surface area contributed by atoms with E-state index in [4.69, 9.17) is 15.4 Å². The molecule has 0 bridgehead atoms. The highest BCUT2D eigenvalue weighted by Crippen LogP contribution is 2.45. The van der Waals surface area contributed by atoms with Gasteiger partial charge < -0.3 is 9.30 Å². The molecule has 2 aromatic heterocycles. The molecule has 3 heterocycles. The van der Waals surface area contributed by atoms with E-state index in [1.807, 2.05) is 36.0 Å². The molecule has 0 amide bonds. The summed E-state index contributed by atoms with van der Waals surface area (Å²) in [7, 11) is 1.94. The Hall–Kier alpha value is -3.64. The lowest BCUT2D eigenvalue weighted by atomic mass is 9.79. The molecule has 0 aliphatic carbocycles. The molecule has 3 aromatic rings. The van der Waals surface area contributed by atoms with Gasteiger partial charge >= 0.3 is 0 Å². The van der Waals surface area contributed by atoms with Crippen molar-refractivity contribution in [3.05, 3.63) is 59.5 Å². The van der Waals surface area contributed by atoms with Gasteiger partial charge in [0.25, 0.3) is 0 Å². The van der Waals surface area contributed by atoms with Crippen LogP contribution in [-0.4, -0.2) is 15.4 Å². The molecule has 25 heavy (non-hydrogen) atoms. The van der Waals surface area contributed by atoms with E-state index in [1.165, 1.54) is 6.20 Å². The number of aromatic nitrogens is 2. The van der Waals surface area contributed by atoms with Crippen molar-refractivity contribution in [2.24, 2.45) is 13.0 Å². The third-order valence-electron chi connectivity index (χ3n) is 4.60. The molecule has 0 fully saturated rings. The first-order chi connectivity index (χ1) is 12.1. The molecule has 1 N–H and O–H groups in total. The third-order valence-corrected chi connectivity index (χ3v) is 4.60. The number of fused-ring (bicyclic) bond motifs is 3. The van der Waals surface area contributed by atoms with Gasteiger partial charge in [0.15, 0.2) is 0 Å². The summed E-state index contributed by atoms with van der Waals surface area (Å²) in [5, 5.41) is 27.9. The van der Waals surface area contributed by atoms with E-state index in [1.54, 1.807) is 12.3 Å². The fraction of sp³-hybridized carbons (Fsp3) is 0.158. The van der Waals surface area contributed by atoms with Gasteiger partial charge in [-0.05, 0) is 23.8 Å². The van der Waals surface area contributed by atoms with Crippen LogP contribution in [-0.2, 0) is 7.05 Å². The van der Waals surface area contributed by atoms with Crippen LogP contribution < -0.4 is 4.74 Å². The first kappa shape index (κ1) is 14.9. The lowest BCUT2D eigenvalue weighted by Gasteiger charge is -2.30. The topological polar surface area (TPSA) is 98.5 Å². The number of hydrogen-bond acceptors (Lipinski definition) is 5. The first-order valence-electron chi connectivity index (χ1n) is 7.73. The highest BCUT2D eigenvalue weighted by Gasteiger charge is 2.38. The summed E-state index contributed by atoms with van der Waals surface area (Å²) < 4.78 is 7.71. The quantitative estimate of drug-likeness (QED) is 0.742. The predicted octanol–water partition coefficient (Wildman–Crippen LogP) is 3.09. The van der Waals surface area contributed by atoms with E-state index in [0.717, 1.165) is 22.0 Å². The van der Waals surface area contributed by atoms with Crippen LogP contribution in [0.15, 0.2) is 42.9 Å². The van der Waals surface area contributed by atoms with Gasteiger partial charge in [-0.1, -0.05) is 6.07 Å². The van der Waals surface area contributed by atoms with Crippen molar-refractivity contribution in [2.75, 3.05) is 0 Å². The molecule has 0 saturated carbocycles. The second kappa shape index (κ2) is 5.47. The number of rotatable bonds is 1. The third kappa shape index (κ3) is 2.16. The summed E-state index contributed by atoms with van der Waals surface area (Å²) in [5.74, 6) is -0.642. The van der Waals surface area contributed by atoms with E-state index >= 15 is 0 Å². The van der Waals surface area contributed by atoms with Crippen molar-refractivity contribution >= 4 is 16.8 Å². The summed E-state index contributed by atoms with van der Waals surface area (Å²) in [6.45, 7) is 0. The van der Waals surface area contributed by atoms with Gasteiger partial charge in [0.2, 0.25) is 5.90 Å². The number of nitriles is 2. The molecule has 6 nitrogen and oxygen atoms in total. The van der Waals surface area contributed by atoms with E-state index in [9.17, 15) is 5.26 Å². The predicted molar refractivity (Wildman–Crippen MR) is 91.2 cm³/mol. The van der Waals surface area contributed by atoms with Crippen LogP contribution >= 0.6 is 0 Å². The Bertz CT molecular complexity index is 1100. The van der Waals surface area contributed by atoms with Crippen molar-refractivity contribution in [3.63, 3.8) is 0 Å². The lowest BCUT2D eigenvalue weighted by molar-refractivity contribution is 0.455. The molecule has 120 valence electrons. The minimum atomic E-state index is -0.760. The Morgan fingerprint density at radius 3 is 2.84 bits per heavy atom. The molecular weight excluding hydrogens is 314 g/mol. The number of nitrogens with one attached hydrogen (secondary N) is 1. The zero-order valence-electron chi connectivity index (χ0n) is 13.4. The van der Waals surface area contributed by atoms with E-state index in [2.05, 4.69) is 17.1 Å². The zero-order chi connectivity index (χ0) is 17.6. The van der Waals surface area contributed by atoms with Crippen molar-refractivity contribution in [3.8, 4) is 17.9 Å². The van der Waals surface area contributed by atoms with Gasteiger partial charge in [-0.15, -0.1) is 0 Å². The maximum absolute atomic E-state index is 9.60. The van der Waals surface area contributed by atoms with Crippen LogP contribution in [0.25, 0.3) is 10.9 Å². The average Bonchev–Trinajstić information content (AvgIpc) is 3.02. The highest BCUT2D eigenvalue weighted by atomic mass is 16.5. The standard InChI is InChI=1S/C19H13N5O/c1-24-5-4-13-16(24)3-2-14-17(12-6-11(7-20)9-23-10-12)15(8-21)19(22)25-18(13)14/h2-6,9-10,15,17,22H,1H3. The maximum Gasteiger partial charge on any atom is 0.205 e. The minimum absolute atomic E-state index is 0.0845. The van der Waals surface area contributed by atoms with Gasteiger partial charge in [-0.2, -0.15) is 10.5 Å². The summed E-state index contributed by atoms with van der Waals surface area (Å²) in [5.41, 5.74) is 2.98. The first-order valence-corrected chi connectivity index (χ1v) is 7.73. The number of nitrogens with zero attached hydrogens (tertiary/aromatic N) is 4. The van der Waals surface area contributed by atoms with E-state index < -0.39 is 11.8 Å². The molecule has 1 aromatic carbocycles. The van der Waals surface area contributed by atoms with Crippen LogP contribution in [0.2, 0.25) is 0 Å². The van der Waals surface area contributed by atoms with Gasteiger partial charge in [-0.25, -0.2) is 0 Å². The fourth-order valence-corrected chi connectivity index (χ4v) is 3.40. The highest BCUT2D eigenvalue weighted by molar-refractivity contribution is 5.94. The van der Waals surface area contributed by atoms with Crippen LogP contribution in [0.5, 0.6) is 5.75 Å². The van der Waals surface area contributed by atoms with Crippen LogP contribution in [0.4, 0.5) is 0 Å². The van der Waals surface area contributed by atoms with Crippen molar-refractivity contribution in [2.45, 2.75) is 5.92 Å². The van der Waals surface area contributed by atoms with E-state index in [0.29, 0.717) is 11.3 Å². The van der Waals surface area contributed by atoms with Crippen LogP contribution in [0, 0.1) is 34.0 Å². The molecule has 0 spiro atoms. The molecular formula is C19H13N5O. The van der Waals surface area contributed by atoms with Crippen molar-refractivity contribution in [1.82, 2.24) is 9.55 Å². The minimum Gasteiger partial charge on any atom is -0.441 e. The number of hydrogen-bond donors (Lipinski definition) is 1. The summed E-state index contributed by atoms with van der Waals surface area (Å²) in [6.07, 6.45) is 5.06. The smallest absolute Gasteiger partial charge is 0.205 e. The van der Waals surface area contributed by atoms with E-state index in [-0.39, 0.29) is 5.90 Å². The Morgan fingerprint density at radius 2 is 2.08 bits per heavy atom. The van der Waals surface area contributed by atoms with Crippen molar-refractivity contribution in [1.29, 1.82) is 15.9 Å². The van der Waals surface area contributed by atoms with Crippen molar-refractivity contribution < 1.29 is 4.74 Å². The second-order valence-electron chi connectivity index (χ2n) is 6.01. The molecule has 0 saturated heterocycles. The second-order valence-corrected chi connectivity index (χ2v) is 6.01. The molecule has 1 aliphatic rings. The van der Waals surface area contributed by atoms with Gasteiger partial charge in [0.1, 0.15) is 17.7 Å². The average molecular weight is 327 g/mol. The lowest BCUT2D eigenvalue weighted by Crippen LogP contribution is -2.31. The molecule has 1 aliphatic heterocycles. The molecule has 4 rings (SSSR count). The van der Waals surface area contributed by atoms with Crippen LogP contribution in [0.3, 0.4) is 0 Å². The Balaban J connectivity index is 1.99. The molecule has 2 unspecified atom stereocenters. The number of benzene rings is 1. The molecule has 6 heteroatoms. The zero-order valence-corrected chi connectivity index (χ0v) is 13.4. The normalized spacial score (nSPS) is 18.9. The van der Waals surface area contributed by atoms with Gasteiger partial charge in [-0.3, -0.25) is 10.4 Å². The molecule has 2 atom stereocenters. The fourth-order valence-electron chi connectivity index (χ4n) is 3.40. The SMILES string of the molecule is Cn1ccc2c3c(ccc21)C(c1cncc(C#N)c1)C(C#N)C(=N)O3. The Labute approximate surface area is 144 Å². The molecule has 0 radical (unpaired) electrons. The Morgan fingerprint density at radius 1 is 1.24 bits per heavy atom. The summed E-state index contributed by atoms with van der Waals surface area (Å²) in [4.78, 5) is 4.12. The number of pyridine rings is 1. The summed E-state index contributed by atoms with van der Waals surface area (Å²) >= 11 is 0. The largest absolute Gasteiger partial charge is 0.441 e.